The highest BCUT2D eigenvalue weighted by Gasteiger charge is 2.22. The van der Waals surface area contributed by atoms with Crippen molar-refractivity contribution in [2.75, 3.05) is 0 Å². The minimum atomic E-state index is 0.0723. The van der Waals surface area contributed by atoms with E-state index in [1.807, 2.05) is 42.5 Å². The van der Waals surface area contributed by atoms with E-state index in [9.17, 15) is 4.79 Å². The second kappa shape index (κ2) is 4.21. The fourth-order valence-corrected chi connectivity index (χ4v) is 3.41. The quantitative estimate of drug-likeness (QED) is 0.707. The molecule has 3 heteroatoms. The number of hydrogen-bond acceptors (Lipinski definition) is 2. The van der Waals surface area contributed by atoms with Crippen LogP contribution in [0.4, 0.5) is 0 Å². The van der Waals surface area contributed by atoms with E-state index in [2.05, 4.69) is 0 Å². The molecular formula is C14H9ClOS. The monoisotopic (exact) mass is 260 g/mol. The van der Waals surface area contributed by atoms with Crippen molar-refractivity contribution >= 4 is 29.1 Å². The Hall–Kier alpha value is -1.25. The maximum atomic E-state index is 12.4. The molecule has 0 fully saturated rings. The molecule has 0 aromatic heterocycles. The first kappa shape index (κ1) is 10.9. The smallest absolute Gasteiger partial charge is 0.194 e. The molecule has 2 aromatic rings. The Morgan fingerprint density at radius 3 is 2.65 bits per heavy atom. The summed E-state index contributed by atoms with van der Waals surface area (Å²) in [6, 6.07) is 13.2. The van der Waals surface area contributed by atoms with Gasteiger partial charge in [0.1, 0.15) is 0 Å². The lowest BCUT2D eigenvalue weighted by molar-refractivity contribution is 0.103. The minimum absolute atomic E-state index is 0.0723. The van der Waals surface area contributed by atoms with Crippen LogP contribution in [0.25, 0.3) is 0 Å². The van der Waals surface area contributed by atoms with E-state index < -0.39 is 0 Å². The Bertz CT molecular complexity index is 607. The maximum Gasteiger partial charge on any atom is 0.194 e. The lowest BCUT2D eigenvalue weighted by Gasteiger charge is -2.05. The average molecular weight is 261 g/mol. The standard InChI is InChI=1S/C14H9ClOS/c15-12-7-3-6-11-13(16)10-5-2-1-4-9(10)8-17-14(11)12/h1-7H,8H2. The molecule has 0 spiro atoms. The summed E-state index contributed by atoms with van der Waals surface area (Å²) in [6.45, 7) is 0. The zero-order valence-corrected chi connectivity index (χ0v) is 10.5. The first-order valence-corrected chi connectivity index (χ1v) is 6.67. The molecule has 1 heterocycles. The zero-order chi connectivity index (χ0) is 11.8. The second-order valence-electron chi connectivity index (χ2n) is 3.89. The molecule has 84 valence electrons. The van der Waals surface area contributed by atoms with Gasteiger partial charge in [-0.1, -0.05) is 41.9 Å². The van der Waals surface area contributed by atoms with Gasteiger partial charge in [-0.2, -0.15) is 0 Å². The van der Waals surface area contributed by atoms with E-state index in [1.165, 1.54) is 0 Å². The molecule has 0 saturated carbocycles. The van der Waals surface area contributed by atoms with Crippen LogP contribution in [0.5, 0.6) is 0 Å². The molecule has 1 nitrogen and oxygen atoms in total. The Balaban J connectivity index is 2.24. The lowest BCUT2D eigenvalue weighted by Crippen LogP contribution is -2.03. The van der Waals surface area contributed by atoms with Gasteiger partial charge < -0.3 is 0 Å². The van der Waals surface area contributed by atoms with E-state index in [-0.39, 0.29) is 5.78 Å². The number of rotatable bonds is 0. The summed E-state index contributed by atoms with van der Waals surface area (Å²) in [7, 11) is 0. The first-order valence-electron chi connectivity index (χ1n) is 5.31. The molecule has 1 aliphatic rings. The summed E-state index contributed by atoms with van der Waals surface area (Å²) >= 11 is 7.78. The molecule has 0 saturated heterocycles. The van der Waals surface area contributed by atoms with Gasteiger partial charge in [0.05, 0.1) is 5.02 Å². The van der Waals surface area contributed by atoms with Crippen LogP contribution in [-0.2, 0) is 5.75 Å². The predicted molar refractivity (Wildman–Crippen MR) is 70.9 cm³/mol. The zero-order valence-electron chi connectivity index (χ0n) is 8.94. The molecule has 17 heavy (non-hydrogen) atoms. The molecule has 0 amide bonds. The Labute approximate surface area is 109 Å². The molecule has 2 aromatic carbocycles. The number of carbonyl (C=O) groups excluding carboxylic acids is 1. The molecule has 0 N–H and O–H groups in total. The number of thioether (sulfide) groups is 1. The molecule has 1 aliphatic heterocycles. The van der Waals surface area contributed by atoms with Crippen molar-refractivity contribution in [3.05, 3.63) is 64.2 Å². The van der Waals surface area contributed by atoms with Crippen LogP contribution in [-0.4, -0.2) is 5.78 Å². The largest absolute Gasteiger partial charge is 0.289 e. The van der Waals surface area contributed by atoms with Gasteiger partial charge in [0.25, 0.3) is 0 Å². The van der Waals surface area contributed by atoms with Crippen LogP contribution in [0, 0.1) is 0 Å². The maximum absolute atomic E-state index is 12.4. The van der Waals surface area contributed by atoms with Crippen molar-refractivity contribution in [2.24, 2.45) is 0 Å². The van der Waals surface area contributed by atoms with Gasteiger partial charge in [-0.05, 0) is 17.7 Å². The predicted octanol–water partition coefficient (Wildman–Crippen LogP) is 4.18. The van der Waals surface area contributed by atoms with Crippen LogP contribution >= 0.6 is 23.4 Å². The van der Waals surface area contributed by atoms with Crippen molar-refractivity contribution in [1.29, 1.82) is 0 Å². The highest BCUT2D eigenvalue weighted by molar-refractivity contribution is 7.98. The summed E-state index contributed by atoms with van der Waals surface area (Å²) in [5.41, 5.74) is 2.59. The normalized spacial score (nSPS) is 13.8. The van der Waals surface area contributed by atoms with Crippen molar-refractivity contribution in [3.63, 3.8) is 0 Å². The summed E-state index contributed by atoms with van der Waals surface area (Å²) in [5.74, 6) is 0.863. The van der Waals surface area contributed by atoms with Crippen molar-refractivity contribution < 1.29 is 4.79 Å². The van der Waals surface area contributed by atoms with Crippen LogP contribution < -0.4 is 0 Å². The van der Waals surface area contributed by atoms with E-state index in [4.69, 9.17) is 11.6 Å². The number of benzene rings is 2. The van der Waals surface area contributed by atoms with Crippen molar-refractivity contribution in [1.82, 2.24) is 0 Å². The number of fused-ring (bicyclic) bond motifs is 2. The fraction of sp³-hybridized carbons (Fsp3) is 0.0714. The van der Waals surface area contributed by atoms with E-state index in [1.54, 1.807) is 11.8 Å². The van der Waals surface area contributed by atoms with Crippen LogP contribution in [0.15, 0.2) is 47.4 Å². The number of hydrogen-bond donors (Lipinski definition) is 0. The molecular weight excluding hydrogens is 252 g/mol. The van der Waals surface area contributed by atoms with Crippen molar-refractivity contribution in [3.8, 4) is 0 Å². The molecule has 0 aliphatic carbocycles. The van der Waals surface area contributed by atoms with Crippen molar-refractivity contribution in [2.45, 2.75) is 10.6 Å². The molecule has 3 rings (SSSR count). The van der Waals surface area contributed by atoms with E-state index >= 15 is 0 Å². The third kappa shape index (κ3) is 1.78. The third-order valence-electron chi connectivity index (χ3n) is 2.85. The summed E-state index contributed by atoms with van der Waals surface area (Å²) in [4.78, 5) is 13.3. The van der Waals surface area contributed by atoms with E-state index in [0.29, 0.717) is 10.6 Å². The Kier molecular flexibility index (Phi) is 2.69. The van der Waals surface area contributed by atoms with Gasteiger partial charge in [0, 0.05) is 21.8 Å². The number of carbonyl (C=O) groups is 1. The van der Waals surface area contributed by atoms with Gasteiger partial charge in [-0.15, -0.1) is 11.8 Å². The highest BCUT2D eigenvalue weighted by Crippen LogP contribution is 2.37. The van der Waals surface area contributed by atoms with Gasteiger partial charge in [0.2, 0.25) is 0 Å². The van der Waals surface area contributed by atoms with Crippen LogP contribution in [0.3, 0.4) is 0 Å². The second-order valence-corrected chi connectivity index (χ2v) is 5.28. The Morgan fingerprint density at radius 2 is 1.76 bits per heavy atom. The minimum Gasteiger partial charge on any atom is -0.289 e. The van der Waals surface area contributed by atoms with E-state index in [0.717, 1.165) is 21.8 Å². The SMILES string of the molecule is O=C1c2ccccc2CSc2c(Cl)cccc21. The van der Waals surface area contributed by atoms with Gasteiger partial charge in [-0.25, -0.2) is 0 Å². The molecule has 0 unspecified atom stereocenters. The van der Waals surface area contributed by atoms with Crippen LogP contribution in [0.1, 0.15) is 21.5 Å². The molecule has 0 atom stereocenters. The summed E-state index contributed by atoms with van der Waals surface area (Å²) in [6.07, 6.45) is 0. The van der Waals surface area contributed by atoms with Crippen LogP contribution in [0.2, 0.25) is 5.02 Å². The molecule has 0 radical (unpaired) electrons. The summed E-state index contributed by atoms with van der Waals surface area (Å²) in [5, 5.41) is 0.661. The fourth-order valence-electron chi connectivity index (χ4n) is 2.00. The number of halogens is 1. The average Bonchev–Trinajstić information content (AvgIpc) is 2.50. The summed E-state index contributed by atoms with van der Waals surface area (Å²) < 4.78 is 0. The Morgan fingerprint density at radius 1 is 1.00 bits per heavy atom. The molecule has 0 bridgehead atoms. The third-order valence-corrected chi connectivity index (χ3v) is 4.46. The topological polar surface area (TPSA) is 17.1 Å². The number of ketones is 1. The van der Waals surface area contributed by atoms with Gasteiger partial charge in [0.15, 0.2) is 5.78 Å². The first-order chi connectivity index (χ1) is 8.27. The highest BCUT2D eigenvalue weighted by atomic mass is 35.5. The lowest BCUT2D eigenvalue weighted by atomic mass is 9.99. The van der Waals surface area contributed by atoms with Gasteiger partial charge in [-0.3, -0.25) is 4.79 Å². The van der Waals surface area contributed by atoms with Gasteiger partial charge >= 0.3 is 0 Å².